The maximum Gasteiger partial charge on any atom is 0.373 e. The molecule has 2 heterocycles. The van der Waals surface area contributed by atoms with Crippen molar-refractivity contribution in [3.8, 4) is 0 Å². The number of rotatable bonds is 11. The van der Waals surface area contributed by atoms with Gasteiger partial charge in [-0.05, 0) is 36.6 Å². The first-order valence-corrected chi connectivity index (χ1v) is 13.2. The number of carbonyl (C=O) groups excluding carboxylic acids is 1. The second kappa shape index (κ2) is 12.6. The Morgan fingerprint density at radius 3 is 1.97 bits per heavy atom. The highest BCUT2D eigenvalue weighted by Gasteiger charge is 2.51. The lowest BCUT2D eigenvalue weighted by Gasteiger charge is -2.36. The standard InChI is InChI=1S/C32H34O7/c1-32(2)38-26-18-27(31(33)36-21-25-16-10-5-11-17-25)37-29(30(26)39-32)28(35-20-24-14-8-4-9-15-24)22-34-19-23-12-6-3-7-13-23/h3-18,26,28-30H,19-22H2,1-2H3/t26-,28-,29?,30?/m1/s1. The molecule has 0 aromatic heterocycles. The summed E-state index contributed by atoms with van der Waals surface area (Å²) in [6.45, 7) is 4.81. The van der Waals surface area contributed by atoms with Crippen molar-refractivity contribution in [3.63, 3.8) is 0 Å². The molecule has 2 aliphatic heterocycles. The molecule has 3 aromatic carbocycles. The predicted octanol–water partition coefficient (Wildman–Crippen LogP) is 5.33. The molecular weight excluding hydrogens is 496 g/mol. The molecule has 2 aliphatic rings. The number of carbonyl (C=O) groups is 1. The van der Waals surface area contributed by atoms with Crippen LogP contribution in [0.15, 0.2) is 103 Å². The largest absolute Gasteiger partial charge is 0.478 e. The monoisotopic (exact) mass is 530 g/mol. The Morgan fingerprint density at radius 2 is 1.36 bits per heavy atom. The smallest absolute Gasteiger partial charge is 0.373 e. The Balaban J connectivity index is 1.33. The second-order valence-electron chi connectivity index (χ2n) is 10.1. The van der Waals surface area contributed by atoms with E-state index in [1.807, 2.05) is 105 Å². The molecule has 0 spiro atoms. The van der Waals surface area contributed by atoms with Crippen LogP contribution in [0.3, 0.4) is 0 Å². The summed E-state index contributed by atoms with van der Waals surface area (Å²) in [7, 11) is 0. The molecule has 2 unspecified atom stereocenters. The molecule has 1 saturated heterocycles. The van der Waals surface area contributed by atoms with Crippen molar-refractivity contribution < 1.29 is 33.2 Å². The number of fused-ring (bicyclic) bond motifs is 1. The normalized spacial score (nSPS) is 22.3. The third-order valence-electron chi connectivity index (χ3n) is 6.55. The summed E-state index contributed by atoms with van der Waals surface area (Å²) in [5, 5.41) is 0. The van der Waals surface area contributed by atoms with Crippen LogP contribution in [0.5, 0.6) is 0 Å². The van der Waals surface area contributed by atoms with E-state index in [0.29, 0.717) is 13.2 Å². The van der Waals surface area contributed by atoms with Crippen LogP contribution in [0.1, 0.15) is 30.5 Å². The molecular formula is C32H34O7. The molecule has 0 saturated carbocycles. The lowest BCUT2D eigenvalue weighted by Crippen LogP contribution is -2.50. The van der Waals surface area contributed by atoms with E-state index in [2.05, 4.69) is 0 Å². The molecule has 204 valence electrons. The van der Waals surface area contributed by atoms with Gasteiger partial charge in [-0.1, -0.05) is 91.0 Å². The van der Waals surface area contributed by atoms with Crippen molar-refractivity contribution >= 4 is 5.97 Å². The molecule has 1 fully saturated rings. The Morgan fingerprint density at radius 1 is 0.795 bits per heavy atom. The molecule has 39 heavy (non-hydrogen) atoms. The van der Waals surface area contributed by atoms with Gasteiger partial charge in [-0.3, -0.25) is 0 Å². The molecule has 7 nitrogen and oxygen atoms in total. The molecule has 4 atom stereocenters. The predicted molar refractivity (Wildman–Crippen MR) is 144 cm³/mol. The molecule has 3 aromatic rings. The summed E-state index contributed by atoms with van der Waals surface area (Å²) >= 11 is 0. The minimum atomic E-state index is -0.855. The lowest BCUT2D eigenvalue weighted by molar-refractivity contribution is -0.180. The van der Waals surface area contributed by atoms with Gasteiger partial charge in [0, 0.05) is 0 Å². The Bertz CT molecular complexity index is 1230. The fraction of sp³-hybridized carbons (Fsp3) is 0.344. The third kappa shape index (κ3) is 7.34. The van der Waals surface area contributed by atoms with Crippen molar-refractivity contribution in [1.82, 2.24) is 0 Å². The summed E-state index contributed by atoms with van der Waals surface area (Å²) in [5.41, 5.74) is 2.95. The van der Waals surface area contributed by atoms with Crippen LogP contribution in [-0.4, -0.2) is 42.8 Å². The van der Waals surface area contributed by atoms with Gasteiger partial charge in [0.15, 0.2) is 11.9 Å². The third-order valence-corrected chi connectivity index (χ3v) is 6.55. The van der Waals surface area contributed by atoms with Gasteiger partial charge in [-0.2, -0.15) is 0 Å². The minimum Gasteiger partial charge on any atom is -0.478 e. The van der Waals surface area contributed by atoms with Gasteiger partial charge in [0.1, 0.15) is 24.9 Å². The number of hydrogen-bond donors (Lipinski definition) is 0. The fourth-order valence-corrected chi connectivity index (χ4v) is 4.68. The van der Waals surface area contributed by atoms with Gasteiger partial charge in [-0.15, -0.1) is 0 Å². The highest BCUT2D eigenvalue weighted by molar-refractivity contribution is 5.86. The van der Waals surface area contributed by atoms with Gasteiger partial charge in [0.2, 0.25) is 5.76 Å². The number of esters is 1. The Kier molecular flexibility index (Phi) is 8.74. The van der Waals surface area contributed by atoms with E-state index in [-0.39, 0.29) is 19.0 Å². The molecule has 0 N–H and O–H groups in total. The van der Waals surface area contributed by atoms with Crippen LogP contribution in [0.4, 0.5) is 0 Å². The fourth-order valence-electron chi connectivity index (χ4n) is 4.68. The highest BCUT2D eigenvalue weighted by Crippen LogP contribution is 2.38. The summed E-state index contributed by atoms with van der Waals surface area (Å²) in [4.78, 5) is 13.1. The SMILES string of the molecule is CC1(C)OC2C([C@@H](COCc3ccccc3)OCc3ccccc3)OC(C(=O)OCc3ccccc3)=C[C@H]2O1. The van der Waals surface area contributed by atoms with E-state index in [0.717, 1.165) is 16.7 Å². The number of benzene rings is 3. The van der Waals surface area contributed by atoms with E-state index < -0.39 is 36.2 Å². The first kappa shape index (κ1) is 27.1. The Labute approximate surface area is 229 Å². The van der Waals surface area contributed by atoms with Gasteiger partial charge in [-0.25, -0.2) is 4.79 Å². The average Bonchev–Trinajstić information content (AvgIpc) is 3.28. The molecule has 0 radical (unpaired) electrons. The van der Waals surface area contributed by atoms with Crippen LogP contribution < -0.4 is 0 Å². The zero-order chi connectivity index (χ0) is 27.1. The summed E-state index contributed by atoms with van der Waals surface area (Å²) in [5.74, 6) is -1.34. The van der Waals surface area contributed by atoms with E-state index in [1.165, 1.54) is 0 Å². The van der Waals surface area contributed by atoms with Gasteiger partial charge in [0.05, 0.1) is 19.8 Å². The summed E-state index contributed by atoms with van der Waals surface area (Å²) in [6.07, 6.45) is -0.575. The van der Waals surface area contributed by atoms with Crippen LogP contribution >= 0.6 is 0 Å². The van der Waals surface area contributed by atoms with Gasteiger partial charge >= 0.3 is 5.97 Å². The van der Waals surface area contributed by atoms with Crippen LogP contribution in [0.2, 0.25) is 0 Å². The lowest BCUT2D eigenvalue weighted by atomic mass is 9.99. The first-order chi connectivity index (χ1) is 19.0. The minimum absolute atomic E-state index is 0.0786. The average molecular weight is 531 g/mol. The number of ether oxygens (including phenoxy) is 6. The van der Waals surface area contributed by atoms with Crippen LogP contribution in [0, 0.1) is 0 Å². The van der Waals surface area contributed by atoms with Gasteiger partial charge < -0.3 is 28.4 Å². The molecule has 0 aliphatic carbocycles. The van der Waals surface area contributed by atoms with Crippen LogP contribution in [0.25, 0.3) is 0 Å². The molecule has 7 heteroatoms. The molecule has 5 rings (SSSR count). The van der Waals surface area contributed by atoms with Crippen molar-refractivity contribution in [1.29, 1.82) is 0 Å². The number of hydrogen-bond acceptors (Lipinski definition) is 7. The van der Waals surface area contributed by atoms with E-state index in [9.17, 15) is 4.79 Å². The van der Waals surface area contributed by atoms with Crippen molar-refractivity contribution in [3.05, 3.63) is 120 Å². The second-order valence-corrected chi connectivity index (χ2v) is 10.1. The first-order valence-electron chi connectivity index (χ1n) is 13.2. The zero-order valence-corrected chi connectivity index (χ0v) is 22.2. The summed E-state index contributed by atoms with van der Waals surface area (Å²) in [6, 6.07) is 29.3. The zero-order valence-electron chi connectivity index (χ0n) is 22.2. The van der Waals surface area contributed by atoms with Crippen molar-refractivity contribution in [2.45, 2.75) is 63.9 Å². The maximum absolute atomic E-state index is 13.1. The van der Waals surface area contributed by atoms with E-state index in [1.54, 1.807) is 6.08 Å². The van der Waals surface area contributed by atoms with Crippen LogP contribution in [-0.2, 0) is 53.0 Å². The topological polar surface area (TPSA) is 72.5 Å². The van der Waals surface area contributed by atoms with Crippen molar-refractivity contribution in [2.75, 3.05) is 6.61 Å². The highest BCUT2D eigenvalue weighted by atomic mass is 16.8. The molecule has 0 bridgehead atoms. The molecule has 0 amide bonds. The quantitative estimate of drug-likeness (QED) is 0.310. The maximum atomic E-state index is 13.1. The van der Waals surface area contributed by atoms with E-state index in [4.69, 9.17) is 28.4 Å². The summed E-state index contributed by atoms with van der Waals surface area (Å²) < 4.78 is 36.7. The van der Waals surface area contributed by atoms with E-state index >= 15 is 0 Å². The van der Waals surface area contributed by atoms with Gasteiger partial charge in [0.25, 0.3) is 0 Å². The Hall–Kier alpha value is -3.49. The van der Waals surface area contributed by atoms with Crippen molar-refractivity contribution in [2.24, 2.45) is 0 Å².